The molecule has 0 bridgehead atoms. The van der Waals surface area contributed by atoms with Crippen LogP contribution >= 0.6 is 0 Å². The van der Waals surface area contributed by atoms with E-state index < -0.39 is 61.8 Å². The Morgan fingerprint density at radius 1 is 0.429 bits per heavy atom. The maximum Gasteiger partial charge on any atom is 0.295 e. The van der Waals surface area contributed by atoms with Crippen LogP contribution in [0.25, 0.3) is 12.2 Å². The molecule has 0 radical (unpaired) electrons. The van der Waals surface area contributed by atoms with Gasteiger partial charge in [0, 0.05) is 37.6 Å². The van der Waals surface area contributed by atoms with E-state index in [1.54, 1.807) is 0 Å². The van der Waals surface area contributed by atoms with Gasteiger partial charge in [0.1, 0.15) is 9.79 Å². The molecule has 0 unspecified atom stereocenters. The monoisotopic (exact) mass is 1070 g/mol. The van der Waals surface area contributed by atoms with Crippen LogP contribution in [0.3, 0.4) is 0 Å². The highest BCUT2D eigenvalue weighted by Crippen LogP contribution is 2.28. The normalized spacial score (nSPS) is 12.3. The summed E-state index contributed by atoms with van der Waals surface area (Å²) in [4.78, 5) is 23.7. The van der Waals surface area contributed by atoms with Crippen molar-refractivity contribution in [3.8, 4) is 0 Å². The summed E-state index contributed by atoms with van der Waals surface area (Å²) in [5.41, 5.74) is -0.284. The van der Waals surface area contributed by atoms with E-state index in [4.69, 9.17) is 38.3 Å². The zero-order valence-corrected chi connectivity index (χ0v) is 40.1. The van der Waals surface area contributed by atoms with Crippen molar-refractivity contribution in [3.63, 3.8) is 0 Å². The minimum atomic E-state index is -4.99. The predicted octanol–water partition coefficient (Wildman–Crippen LogP) is -0.318. The summed E-state index contributed by atoms with van der Waals surface area (Å²) in [5, 5.41) is 34.1. The van der Waals surface area contributed by atoms with Crippen molar-refractivity contribution < 1.29 is 81.0 Å². The Hall–Kier alpha value is -5.60. The Balaban J connectivity index is 1.56. The third-order valence-electron chi connectivity index (χ3n) is 8.37. The SMILES string of the molecule is O=S(=O)(O)CCNc1nc(NCCOCCOCCO)nc(Nc2ccc(/C=C/c3ccc(Nc4nc(NCCOCCOCCO)nc(NCCS(=O)(=O)O)n4)cc3S(=O)(=O)O)c(S(=O)(=O)O)c2)n1. The zero-order valence-electron chi connectivity index (χ0n) is 36.8. The highest BCUT2D eigenvalue weighted by Gasteiger charge is 2.19. The maximum atomic E-state index is 12.7. The number of ether oxygens (including phenoxy) is 4. The van der Waals surface area contributed by atoms with Gasteiger partial charge in [-0.2, -0.15) is 63.6 Å². The molecule has 4 rings (SSSR count). The number of hydrogen-bond acceptors (Lipinski definition) is 26. The van der Waals surface area contributed by atoms with Gasteiger partial charge >= 0.3 is 0 Å². The molecule has 0 amide bonds. The third-order valence-corrected chi connectivity index (χ3v) is 11.6. The molecule has 4 aromatic rings. The molecule has 0 atom stereocenters. The lowest BCUT2D eigenvalue weighted by Crippen LogP contribution is -2.18. The molecule has 388 valence electrons. The fourth-order valence-corrected chi connectivity index (χ4v) is 7.53. The topological polar surface area (TPSA) is 444 Å². The lowest BCUT2D eigenvalue weighted by molar-refractivity contribution is 0.0360. The molecule has 0 aliphatic carbocycles. The van der Waals surface area contributed by atoms with Gasteiger partial charge in [0.25, 0.3) is 40.5 Å². The number of hydrogen-bond donors (Lipinski definition) is 12. The van der Waals surface area contributed by atoms with Crippen molar-refractivity contribution in [1.29, 1.82) is 0 Å². The number of benzene rings is 2. The first-order valence-corrected chi connectivity index (χ1v) is 26.6. The van der Waals surface area contributed by atoms with Crippen molar-refractivity contribution in [1.82, 2.24) is 29.9 Å². The van der Waals surface area contributed by atoms with Crippen molar-refractivity contribution in [2.75, 3.05) is 136 Å². The Labute approximate surface area is 402 Å². The molecule has 70 heavy (non-hydrogen) atoms. The van der Waals surface area contributed by atoms with Gasteiger partial charge in [-0.05, 0) is 35.4 Å². The van der Waals surface area contributed by atoms with E-state index in [-0.39, 0.29) is 150 Å². The molecular formula is C36H52N12O18S4. The van der Waals surface area contributed by atoms with Crippen molar-refractivity contribution in [3.05, 3.63) is 47.5 Å². The van der Waals surface area contributed by atoms with Gasteiger partial charge in [-0.15, -0.1) is 0 Å². The van der Waals surface area contributed by atoms with Gasteiger partial charge in [0.15, 0.2) is 0 Å². The van der Waals surface area contributed by atoms with Crippen LogP contribution in [0.5, 0.6) is 0 Å². The first kappa shape index (κ1) is 57.0. The average Bonchev–Trinajstić information content (AvgIpc) is 3.26. The van der Waals surface area contributed by atoms with E-state index in [0.29, 0.717) is 0 Å². The Bertz CT molecular complexity index is 2620. The van der Waals surface area contributed by atoms with Crippen LogP contribution in [-0.4, -0.2) is 196 Å². The summed E-state index contributed by atoms with van der Waals surface area (Å²) in [6.45, 7) is 0.991. The predicted molar refractivity (Wildman–Crippen MR) is 252 cm³/mol. The number of anilines is 8. The lowest BCUT2D eigenvalue weighted by Gasteiger charge is -2.13. The van der Waals surface area contributed by atoms with Crippen LogP contribution in [0.15, 0.2) is 46.2 Å². The fraction of sp³-hybridized carbons (Fsp3) is 0.444. The zero-order chi connectivity index (χ0) is 51.2. The summed E-state index contributed by atoms with van der Waals surface area (Å²) >= 11 is 0. The minimum absolute atomic E-state index is 0.00768. The molecule has 0 aliphatic rings. The van der Waals surface area contributed by atoms with E-state index in [2.05, 4.69) is 61.8 Å². The van der Waals surface area contributed by atoms with E-state index >= 15 is 0 Å². The summed E-state index contributed by atoms with van der Waals surface area (Å²) in [6, 6.07) is 7.21. The molecule has 0 saturated heterocycles. The van der Waals surface area contributed by atoms with Gasteiger partial charge in [0.2, 0.25) is 35.7 Å². The van der Waals surface area contributed by atoms with Crippen LogP contribution in [0.4, 0.5) is 47.1 Å². The largest absolute Gasteiger partial charge is 0.394 e. The van der Waals surface area contributed by atoms with Crippen LogP contribution in [0.2, 0.25) is 0 Å². The second-order valence-corrected chi connectivity index (χ2v) is 19.8. The van der Waals surface area contributed by atoms with Gasteiger partial charge < -0.3 is 61.1 Å². The van der Waals surface area contributed by atoms with Gasteiger partial charge in [-0.1, -0.05) is 24.3 Å². The summed E-state index contributed by atoms with van der Waals surface area (Å²) < 4.78 is 155. The van der Waals surface area contributed by atoms with Gasteiger partial charge in [0.05, 0.1) is 77.6 Å². The molecule has 0 aliphatic heterocycles. The Morgan fingerprint density at radius 2 is 0.743 bits per heavy atom. The average molecular weight is 1070 g/mol. The third kappa shape index (κ3) is 22.0. The molecule has 2 heterocycles. The smallest absolute Gasteiger partial charge is 0.295 e. The van der Waals surface area contributed by atoms with Crippen LogP contribution in [0.1, 0.15) is 11.1 Å². The van der Waals surface area contributed by atoms with Crippen LogP contribution in [-0.2, 0) is 59.4 Å². The molecule has 0 fully saturated rings. The quantitative estimate of drug-likeness (QED) is 0.0162. The molecule has 30 nitrogen and oxygen atoms in total. The molecule has 2 aromatic carbocycles. The van der Waals surface area contributed by atoms with E-state index in [9.17, 15) is 42.8 Å². The second-order valence-electron chi connectivity index (χ2n) is 13.8. The number of aliphatic hydroxyl groups is 2. The first-order valence-electron chi connectivity index (χ1n) is 20.5. The molecule has 12 N–H and O–H groups in total. The molecular weight excluding hydrogens is 1020 g/mol. The summed E-state index contributed by atoms with van der Waals surface area (Å²) in [6.07, 6.45) is 2.29. The summed E-state index contributed by atoms with van der Waals surface area (Å²) in [7, 11) is -18.7. The van der Waals surface area contributed by atoms with E-state index in [1.807, 2.05) is 0 Å². The van der Waals surface area contributed by atoms with E-state index in [0.717, 1.165) is 24.3 Å². The number of nitrogens with zero attached hydrogens (tertiary/aromatic N) is 6. The maximum absolute atomic E-state index is 12.7. The minimum Gasteiger partial charge on any atom is -0.394 e. The van der Waals surface area contributed by atoms with Gasteiger partial charge in [-0.25, -0.2) is 0 Å². The number of rotatable bonds is 34. The number of nitrogens with one attached hydrogen (secondary N) is 6. The summed E-state index contributed by atoms with van der Waals surface area (Å²) in [5.74, 6) is -2.18. The number of aliphatic hydroxyl groups excluding tert-OH is 2. The highest BCUT2D eigenvalue weighted by molar-refractivity contribution is 7.86. The van der Waals surface area contributed by atoms with E-state index in [1.165, 1.54) is 24.3 Å². The highest BCUT2D eigenvalue weighted by atomic mass is 32.2. The van der Waals surface area contributed by atoms with Crippen molar-refractivity contribution in [2.24, 2.45) is 0 Å². The van der Waals surface area contributed by atoms with Crippen LogP contribution < -0.4 is 31.9 Å². The standard InChI is InChI=1S/C36H52N12O18S4/c49-11-15-65-19-17-63-13-7-37-31-43-33(39-9-21-67(51,52)53)47-35(45-31)41-27-5-3-25(29(23-27)69(57,58)59)1-2-26-4-6-28(24-30(26)70(60,61)62)42-36-46-32(38-8-14-64-18-20-66-16-12-50)44-34(48-36)40-10-22-68(54,55)56/h1-6,23-24,49-50H,7-22H2,(H,51,52,53)(H,54,55,56)(H,57,58,59)(H,60,61,62)(H3,37,39,41,43,45,47)(H3,38,40,42,44,46,48)/b2-1+. The van der Waals surface area contributed by atoms with Gasteiger partial charge in [-0.3, -0.25) is 18.2 Å². The first-order chi connectivity index (χ1) is 33.1. The fourth-order valence-electron chi connectivity index (χ4n) is 5.39. The Kier molecular flexibility index (Phi) is 22.6. The second kappa shape index (κ2) is 27.7. The molecule has 34 heteroatoms. The number of aromatic nitrogens is 6. The van der Waals surface area contributed by atoms with Crippen LogP contribution in [0, 0.1) is 0 Å². The molecule has 0 saturated carbocycles. The lowest BCUT2D eigenvalue weighted by atomic mass is 10.1. The van der Waals surface area contributed by atoms with Crippen molar-refractivity contribution >= 4 is 99.7 Å². The van der Waals surface area contributed by atoms with Crippen molar-refractivity contribution in [2.45, 2.75) is 9.79 Å². The molecule has 0 spiro atoms. The Morgan fingerprint density at radius 3 is 1.06 bits per heavy atom. The molecule has 2 aromatic heterocycles.